The predicted octanol–water partition coefficient (Wildman–Crippen LogP) is 4.89. The van der Waals surface area contributed by atoms with Crippen LogP contribution < -0.4 is 0 Å². The molecule has 1 fully saturated rings. The van der Waals surface area contributed by atoms with Crippen LogP contribution in [0, 0.1) is 13.8 Å². The number of aryl methyl sites for hydroxylation is 2. The monoisotopic (exact) mass is 485 g/mol. The van der Waals surface area contributed by atoms with Crippen LogP contribution in [0.15, 0.2) is 57.0 Å². The maximum atomic E-state index is 13.0. The van der Waals surface area contributed by atoms with Crippen molar-refractivity contribution in [2.24, 2.45) is 0 Å². The zero-order chi connectivity index (χ0) is 23.6. The van der Waals surface area contributed by atoms with Gasteiger partial charge in [0.05, 0.1) is 10.1 Å². The molecule has 0 N–H and O–H groups in total. The first-order valence-corrected chi connectivity index (χ1v) is 13.3. The minimum atomic E-state index is -3.56. The van der Waals surface area contributed by atoms with Crippen LogP contribution in [0.4, 0.5) is 0 Å². The third-order valence-electron chi connectivity index (χ3n) is 5.88. The van der Waals surface area contributed by atoms with Crippen molar-refractivity contribution in [2.75, 3.05) is 13.1 Å². The minimum absolute atomic E-state index is 0.0162. The lowest BCUT2D eigenvalue weighted by atomic mass is 10.0. The summed E-state index contributed by atoms with van der Waals surface area (Å²) >= 11 is 1.19. The van der Waals surface area contributed by atoms with Crippen LogP contribution in [0.3, 0.4) is 0 Å². The van der Waals surface area contributed by atoms with Crippen molar-refractivity contribution in [1.29, 1.82) is 0 Å². The second-order valence-corrected chi connectivity index (χ2v) is 11.5. The standard InChI is InChI=1S/C24H27N3O4S2/c1-16-10-11-19(14-17(16)2)22(28)18(3)32-24-26-25-23(31-24)20-8-7-9-21(15-20)33(29,30)27-12-5-4-6-13-27/h7-11,14-15,18H,4-6,12-13H2,1-3H3. The topological polar surface area (TPSA) is 93.4 Å². The number of ketones is 1. The first-order valence-electron chi connectivity index (χ1n) is 11.0. The Morgan fingerprint density at radius 2 is 1.79 bits per heavy atom. The Morgan fingerprint density at radius 3 is 2.52 bits per heavy atom. The molecular weight excluding hydrogens is 458 g/mol. The number of Topliss-reactive ketones (excluding diaryl/α,β-unsaturated/α-hetero) is 1. The summed E-state index contributed by atoms with van der Waals surface area (Å²) in [5.41, 5.74) is 3.38. The van der Waals surface area contributed by atoms with Crippen LogP contribution in [0.25, 0.3) is 11.5 Å². The fourth-order valence-electron chi connectivity index (χ4n) is 3.75. The molecule has 0 aliphatic carbocycles. The van der Waals surface area contributed by atoms with E-state index < -0.39 is 15.3 Å². The average Bonchev–Trinajstić information content (AvgIpc) is 3.29. The maximum absolute atomic E-state index is 13.0. The van der Waals surface area contributed by atoms with Crippen molar-refractivity contribution in [1.82, 2.24) is 14.5 Å². The van der Waals surface area contributed by atoms with E-state index in [0.29, 0.717) is 24.2 Å². The molecule has 1 aliphatic heterocycles. The summed E-state index contributed by atoms with van der Waals surface area (Å²) in [4.78, 5) is 13.0. The van der Waals surface area contributed by atoms with Gasteiger partial charge < -0.3 is 4.42 Å². The Hall–Kier alpha value is -2.49. The Labute approximate surface area is 198 Å². The Balaban J connectivity index is 1.49. The highest BCUT2D eigenvalue weighted by atomic mass is 32.2. The minimum Gasteiger partial charge on any atom is -0.411 e. The summed E-state index contributed by atoms with van der Waals surface area (Å²) in [7, 11) is -3.56. The molecule has 3 aromatic rings. The normalized spacial score (nSPS) is 16.0. The molecule has 33 heavy (non-hydrogen) atoms. The highest BCUT2D eigenvalue weighted by Gasteiger charge is 2.27. The largest absolute Gasteiger partial charge is 0.411 e. The maximum Gasteiger partial charge on any atom is 0.277 e. The fourth-order valence-corrected chi connectivity index (χ4v) is 6.08. The summed E-state index contributed by atoms with van der Waals surface area (Å²) in [6, 6.07) is 12.2. The zero-order valence-electron chi connectivity index (χ0n) is 18.9. The number of aromatic nitrogens is 2. The molecule has 1 aromatic heterocycles. The summed E-state index contributed by atoms with van der Waals surface area (Å²) in [6.45, 7) is 6.88. The van der Waals surface area contributed by atoms with Gasteiger partial charge in [-0.15, -0.1) is 10.2 Å². The van der Waals surface area contributed by atoms with Crippen LogP contribution in [-0.4, -0.2) is 47.0 Å². The van der Waals surface area contributed by atoms with E-state index in [-0.39, 0.29) is 21.8 Å². The highest BCUT2D eigenvalue weighted by Crippen LogP contribution is 2.30. The number of piperidine rings is 1. The van der Waals surface area contributed by atoms with Gasteiger partial charge in [0.2, 0.25) is 15.9 Å². The first kappa shape index (κ1) is 23.7. The van der Waals surface area contributed by atoms with E-state index in [1.165, 1.54) is 16.1 Å². The predicted molar refractivity (Wildman–Crippen MR) is 128 cm³/mol. The molecule has 2 heterocycles. The van der Waals surface area contributed by atoms with Gasteiger partial charge in [0.1, 0.15) is 0 Å². The van der Waals surface area contributed by atoms with Gasteiger partial charge in [0.15, 0.2) is 5.78 Å². The molecule has 0 saturated carbocycles. The molecular formula is C24H27N3O4S2. The molecule has 1 unspecified atom stereocenters. The van der Waals surface area contributed by atoms with Gasteiger partial charge in [0, 0.05) is 24.2 Å². The van der Waals surface area contributed by atoms with Gasteiger partial charge in [-0.2, -0.15) is 4.31 Å². The molecule has 1 aliphatic rings. The molecule has 0 spiro atoms. The van der Waals surface area contributed by atoms with E-state index >= 15 is 0 Å². The highest BCUT2D eigenvalue weighted by molar-refractivity contribution is 8.00. The van der Waals surface area contributed by atoms with E-state index in [4.69, 9.17) is 4.42 Å². The molecule has 0 radical (unpaired) electrons. The Kier molecular flexibility index (Phi) is 7.02. The number of nitrogens with zero attached hydrogens (tertiary/aromatic N) is 3. The van der Waals surface area contributed by atoms with Crippen LogP contribution >= 0.6 is 11.8 Å². The van der Waals surface area contributed by atoms with Crippen LogP contribution in [0.5, 0.6) is 0 Å². The number of carbonyl (C=O) groups is 1. The SMILES string of the molecule is Cc1ccc(C(=O)C(C)Sc2nnc(-c3cccc(S(=O)(=O)N4CCCCC4)c3)o2)cc1C. The van der Waals surface area contributed by atoms with E-state index in [1.54, 1.807) is 31.2 Å². The number of carbonyl (C=O) groups excluding carboxylic acids is 1. The second-order valence-electron chi connectivity index (χ2n) is 8.29. The second kappa shape index (κ2) is 9.79. The summed E-state index contributed by atoms with van der Waals surface area (Å²) in [5, 5.41) is 7.98. The third-order valence-corrected chi connectivity index (χ3v) is 8.71. The lowest BCUT2D eigenvalue weighted by Crippen LogP contribution is -2.35. The van der Waals surface area contributed by atoms with Crippen molar-refractivity contribution >= 4 is 27.6 Å². The number of rotatable bonds is 7. The summed E-state index contributed by atoms with van der Waals surface area (Å²) in [5.74, 6) is 0.205. The quantitative estimate of drug-likeness (QED) is 0.347. The summed E-state index contributed by atoms with van der Waals surface area (Å²) in [6.07, 6.45) is 2.81. The van der Waals surface area contributed by atoms with Gasteiger partial charge in [0.25, 0.3) is 5.22 Å². The van der Waals surface area contributed by atoms with Crippen LogP contribution in [0.1, 0.15) is 47.7 Å². The Morgan fingerprint density at radius 1 is 1.03 bits per heavy atom. The summed E-state index contributed by atoms with van der Waals surface area (Å²) < 4.78 is 33.3. The van der Waals surface area contributed by atoms with Gasteiger partial charge in [-0.1, -0.05) is 36.4 Å². The lowest BCUT2D eigenvalue weighted by molar-refractivity contribution is 0.0993. The number of hydrogen-bond acceptors (Lipinski definition) is 7. The van der Waals surface area contributed by atoms with Crippen molar-refractivity contribution < 1.29 is 17.6 Å². The number of sulfonamides is 1. The molecule has 174 valence electrons. The molecule has 9 heteroatoms. The molecule has 1 atom stereocenters. The van der Waals surface area contributed by atoms with E-state index in [2.05, 4.69) is 10.2 Å². The van der Waals surface area contributed by atoms with Crippen LogP contribution in [0.2, 0.25) is 0 Å². The molecule has 1 saturated heterocycles. The molecule has 4 rings (SSSR count). The number of benzene rings is 2. The van der Waals surface area contributed by atoms with Gasteiger partial charge in [-0.3, -0.25) is 4.79 Å². The number of hydrogen-bond donors (Lipinski definition) is 0. The van der Waals surface area contributed by atoms with Gasteiger partial charge in [-0.25, -0.2) is 8.42 Å². The fraction of sp³-hybridized carbons (Fsp3) is 0.375. The molecule has 2 aromatic carbocycles. The van der Waals surface area contributed by atoms with Gasteiger partial charge >= 0.3 is 0 Å². The van der Waals surface area contributed by atoms with E-state index in [9.17, 15) is 13.2 Å². The molecule has 0 bridgehead atoms. The van der Waals surface area contributed by atoms with Crippen molar-refractivity contribution in [3.8, 4) is 11.5 Å². The van der Waals surface area contributed by atoms with Gasteiger partial charge in [-0.05, 0) is 69.0 Å². The van der Waals surface area contributed by atoms with Crippen molar-refractivity contribution in [3.05, 3.63) is 59.2 Å². The third kappa shape index (κ3) is 5.20. The number of thioether (sulfide) groups is 1. The molecule has 0 amide bonds. The van der Waals surface area contributed by atoms with Crippen molar-refractivity contribution in [3.63, 3.8) is 0 Å². The van der Waals surface area contributed by atoms with Crippen LogP contribution in [-0.2, 0) is 10.0 Å². The van der Waals surface area contributed by atoms with E-state index in [0.717, 1.165) is 30.4 Å². The lowest BCUT2D eigenvalue weighted by Gasteiger charge is -2.25. The van der Waals surface area contributed by atoms with E-state index in [1.807, 2.05) is 32.0 Å². The smallest absolute Gasteiger partial charge is 0.277 e. The average molecular weight is 486 g/mol. The Bertz CT molecular complexity index is 1260. The first-order chi connectivity index (χ1) is 15.8. The zero-order valence-corrected chi connectivity index (χ0v) is 20.6. The molecule has 7 nitrogen and oxygen atoms in total. The van der Waals surface area contributed by atoms with Crippen molar-refractivity contribution in [2.45, 2.75) is 55.4 Å².